The van der Waals surface area contributed by atoms with Gasteiger partial charge >= 0.3 is 5.97 Å². The molecule has 4 unspecified atom stereocenters. The Bertz CT molecular complexity index is 971. The molecule has 4 atom stereocenters. The topological polar surface area (TPSA) is 166 Å². The van der Waals surface area contributed by atoms with Gasteiger partial charge in [-0.15, -0.1) is 0 Å². The van der Waals surface area contributed by atoms with Gasteiger partial charge in [-0.05, 0) is 24.5 Å². The molecule has 1 aromatic carbocycles. The third kappa shape index (κ3) is 6.55. The molecular formula is C22H31N5O5. The summed E-state index contributed by atoms with van der Waals surface area (Å²) in [6, 6.07) is 4.78. The van der Waals surface area contributed by atoms with Crippen molar-refractivity contribution in [1.82, 2.24) is 20.9 Å². The van der Waals surface area contributed by atoms with Gasteiger partial charge in [0.05, 0.1) is 6.04 Å². The Morgan fingerprint density at radius 2 is 1.75 bits per heavy atom. The van der Waals surface area contributed by atoms with E-state index in [0.29, 0.717) is 6.42 Å². The number of aromatic amines is 1. The number of carboxylic acids is 1. The molecular weight excluding hydrogens is 414 g/mol. The predicted molar refractivity (Wildman–Crippen MR) is 120 cm³/mol. The molecule has 10 heteroatoms. The molecule has 7 N–H and O–H groups in total. The van der Waals surface area contributed by atoms with Crippen molar-refractivity contribution in [2.24, 2.45) is 11.7 Å². The normalized spacial score (nSPS) is 14.8. The maximum atomic E-state index is 13.1. The first-order valence-electron chi connectivity index (χ1n) is 10.5. The van der Waals surface area contributed by atoms with Crippen LogP contribution in [0.4, 0.5) is 0 Å². The van der Waals surface area contributed by atoms with Gasteiger partial charge in [-0.25, -0.2) is 0 Å². The van der Waals surface area contributed by atoms with Crippen LogP contribution < -0.4 is 21.7 Å². The Balaban J connectivity index is 2.26. The average molecular weight is 446 g/mol. The lowest BCUT2D eigenvalue weighted by Crippen LogP contribution is -2.58. The number of nitrogens with two attached hydrogens (primary N) is 1. The quantitative estimate of drug-likeness (QED) is 0.290. The van der Waals surface area contributed by atoms with E-state index in [1.165, 1.54) is 6.92 Å². The number of hydrogen-bond donors (Lipinski definition) is 6. The summed E-state index contributed by atoms with van der Waals surface area (Å²) in [5.74, 6) is -3.06. The van der Waals surface area contributed by atoms with Crippen molar-refractivity contribution in [3.05, 3.63) is 36.0 Å². The lowest BCUT2D eigenvalue weighted by atomic mass is 9.96. The van der Waals surface area contributed by atoms with Crippen LogP contribution in [-0.2, 0) is 25.6 Å². The van der Waals surface area contributed by atoms with E-state index in [-0.39, 0.29) is 12.3 Å². The van der Waals surface area contributed by atoms with Crippen molar-refractivity contribution >= 4 is 34.6 Å². The molecule has 2 rings (SSSR count). The molecule has 3 amide bonds. The summed E-state index contributed by atoms with van der Waals surface area (Å²) in [5.41, 5.74) is 7.28. The lowest BCUT2D eigenvalue weighted by molar-refractivity contribution is -0.138. The van der Waals surface area contributed by atoms with Crippen LogP contribution in [-0.4, -0.2) is 58.5 Å². The van der Waals surface area contributed by atoms with Gasteiger partial charge in [0, 0.05) is 23.5 Å². The van der Waals surface area contributed by atoms with Gasteiger partial charge in [-0.1, -0.05) is 38.5 Å². The van der Waals surface area contributed by atoms with Gasteiger partial charge in [0.1, 0.15) is 18.6 Å². The fourth-order valence-corrected chi connectivity index (χ4v) is 3.26. The first-order chi connectivity index (χ1) is 15.1. The highest BCUT2D eigenvalue weighted by molar-refractivity contribution is 5.94. The van der Waals surface area contributed by atoms with Crippen molar-refractivity contribution in [1.29, 1.82) is 0 Å². The average Bonchev–Trinajstić information content (AvgIpc) is 3.17. The van der Waals surface area contributed by atoms with E-state index in [9.17, 15) is 19.2 Å². The fraction of sp³-hybridized carbons (Fsp3) is 0.455. The van der Waals surface area contributed by atoms with Crippen LogP contribution in [0.25, 0.3) is 10.9 Å². The molecule has 1 aromatic heterocycles. The Hall–Kier alpha value is -3.40. The zero-order valence-corrected chi connectivity index (χ0v) is 18.5. The zero-order valence-electron chi connectivity index (χ0n) is 18.5. The highest BCUT2D eigenvalue weighted by atomic mass is 16.4. The maximum Gasteiger partial charge on any atom is 0.322 e. The van der Waals surface area contributed by atoms with Gasteiger partial charge in [0.15, 0.2) is 0 Å². The van der Waals surface area contributed by atoms with Crippen LogP contribution in [0.2, 0.25) is 0 Å². The fourth-order valence-electron chi connectivity index (χ4n) is 3.26. The number of hydrogen-bond acceptors (Lipinski definition) is 5. The van der Waals surface area contributed by atoms with Crippen LogP contribution in [0.3, 0.4) is 0 Å². The summed E-state index contributed by atoms with van der Waals surface area (Å²) in [6.45, 7) is 4.63. The summed E-state index contributed by atoms with van der Waals surface area (Å²) in [7, 11) is 0. The van der Waals surface area contributed by atoms with E-state index >= 15 is 0 Å². The number of aromatic nitrogens is 1. The van der Waals surface area contributed by atoms with Gasteiger partial charge < -0.3 is 31.8 Å². The molecule has 0 aliphatic carbocycles. The van der Waals surface area contributed by atoms with Gasteiger partial charge in [0.25, 0.3) is 0 Å². The number of amides is 3. The van der Waals surface area contributed by atoms with Gasteiger partial charge in [0.2, 0.25) is 17.7 Å². The molecule has 0 spiro atoms. The third-order valence-electron chi connectivity index (χ3n) is 5.35. The minimum atomic E-state index is -1.20. The first-order valence-corrected chi connectivity index (χ1v) is 10.5. The minimum Gasteiger partial charge on any atom is -0.480 e. The SMILES string of the molecule is CCC(C)C(NC(=O)C(C)N)C(=O)NC(Cc1c[nH]c2ccccc12)C(=O)NCC(=O)O. The van der Waals surface area contributed by atoms with E-state index in [1.807, 2.05) is 38.1 Å². The van der Waals surface area contributed by atoms with E-state index in [0.717, 1.165) is 16.5 Å². The summed E-state index contributed by atoms with van der Waals surface area (Å²) in [6.07, 6.45) is 2.49. The summed E-state index contributed by atoms with van der Waals surface area (Å²) < 4.78 is 0. The van der Waals surface area contributed by atoms with E-state index in [2.05, 4.69) is 20.9 Å². The molecule has 32 heavy (non-hydrogen) atoms. The standard InChI is InChI=1S/C22H31N5O5/c1-4-12(2)19(27-20(30)13(3)23)22(32)26-17(21(31)25-11-18(28)29)9-14-10-24-16-8-6-5-7-15(14)16/h5-8,10,12-13,17,19,24H,4,9,11,23H2,1-3H3,(H,25,31)(H,26,32)(H,27,30)(H,28,29). The largest absolute Gasteiger partial charge is 0.480 e. The number of carboxylic acid groups (broad SMARTS) is 1. The number of carbonyl (C=O) groups excluding carboxylic acids is 3. The highest BCUT2D eigenvalue weighted by Crippen LogP contribution is 2.19. The Morgan fingerprint density at radius 1 is 1.06 bits per heavy atom. The lowest BCUT2D eigenvalue weighted by Gasteiger charge is -2.27. The Morgan fingerprint density at radius 3 is 2.38 bits per heavy atom. The molecule has 10 nitrogen and oxygen atoms in total. The van der Waals surface area contributed by atoms with Crippen molar-refractivity contribution in [2.75, 3.05) is 6.54 Å². The van der Waals surface area contributed by atoms with Crippen LogP contribution in [0.1, 0.15) is 32.8 Å². The van der Waals surface area contributed by atoms with E-state index < -0.39 is 48.4 Å². The monoisotopic (exact) mass is 445 g/mol. The summed E-state index contributed by atoms with van der Waals surface area (Å²) in [5, 5.41) is 17.4. The van der Waals surface area contributed by atoms with Crippen LogP contribution in [0.15, 0.2) is 30.5 Å². The third-order valence-corrected chi connectivity index (χ3v) is 5.35. The van der Waals surface area contributed by atoms with E-state index in [1.54, 1.807) is 6.20 Å². The number of rotatable bonds is 11. The molecule has 1 heterocycles. The van der Waals surface area contributed by atoms with Crippen LogP contribution >= 0.6 is 0 Å². The zero-order chi connectivity index (χ0) is 23.8. The molecule has 0 bridgehead atoms. The molecule has 174 valence electrons. The van der Waals surface area contributed by atoms with Crippen molar-refractivity contribution in [3.8, 4) is 0 Å². The second kappa shape index (κ2) is 11.3. The number of fused-ring (bicyclic) bond motifs is 1. The van der Waals surface area contributed by atoms with Crippen molar-refractivity contribution < 1.29 is 24.3 Å². The first kappa shape index (κ1) is 24.9. The molecule has 0 aliphatic rings. The number of carbonyl (C=O) groups is 4. The number of H-pyrrole nitrogens is 1. The minimum absolute atomic E-state index is 0.135. The summed E-state index contributed by atoms with van der Waals surface area (Å²) >= 11 is 0. The molecule has 0 radical (unpaired) electrons. The smallest absolute Gasteiger partial charge is 0.322 e. The number of para-hydroxylation sites is 1. The number of nitrogens with one attached hydrogen (secondary N) is 4. The number of benzene rings is 1. The van der Waals surface area contributed by atoms with Gasteiger partial charge in [-0.3, -0.25) is 19.2 Å². The van der Waals surface area contributed by atoms with E-state index in [4.69, 9.17) is 10.8 Å². The second-order valence-electron chi connectivity index (χ2n) is 7.90. The highest BCUT2D eigenvalue weighted by Gasteiger charge is 2.31. The molecule has 2 aromatic rings. The second-order valence-corrected chi connectivity index (χ2v) is 7.90. The Labute approximate surface area is 186 Å². The molecule has 0 saturated carbocycles. The summed E-state index contributed by atoms with van der Waals surface area (Å²) in [4.78, 5) is 51.9. The molecule has 0 aliphatic heterocycles. The number of aliphatic carboxylic acids is 1. The molecule has 0 saturated heterocycles. The van der Waals surface area contributed by atoms with Gasteiger partial charge in [-0.2, -0.15) is 0 Å². The van der Waals surface area contributed by atoms with Crippen molar-refractivity contribution in [3.63, 3.8) is 0 Å². The van der Waals surface area contributed by atoms with Crippen LogP contribution in [0.5, 0.6) is 0 Å². The predicted octanol–water partition coefficient (Wildman–Crippen LogP) is 0.274. The van der Waals surface area contributed by atoms with Crippen molar-refractivity contribution in [2.45, 2.75) is 51.7 Å². The van der Waals surface area contributed by atoms with Crippen LogP contribution in [0, 0.1) is 5.92 Å². The Kier molecular flexibility index (Phi) is 8.77. The maximum absolute atomic E-state index is 13.1. The molecule has 0 fully saturated rings.